The molecule has 1 heterocycles. The molecule has 112 valence electrons. The van der Waals surface area contributed by atoms with Crippen LogP contribution in [-0.2, 0) is 5.41 Å². The lowest BCUT2D eigenvalue weighted by Crippen LogP contribution is -2.12. The Morgan fingerprint density at radius 1 is 1.05 bits per heavy atom. The highest BCUT2D eigenvalue weighted by molar-refractivity contribution is 5.49. The Labute approximate surface area is 126 Å². The van der Waals surface area contributed by atoms with Crippen LogP contribution in [0.5, 0.6) is 17.2 Å². The van der Waals surface area contributed by atoms with E-state index in [-0.39, 0.29) is 5.41 Å². The van der Waals surface area contributed by atoms with Crippen LogP contribution in [0.2, 0.25) is 0 Å². The van der Waals surface area contributed by atoms with Gasteiger partial charge < -0.3 is 14.8 Å². The Morgan fingerprint density at radius 3 is 2.43 bits per heavy atom. The third-order valence-electron chi connectivity index (χ3n) is 3.22. The van der Waals surface area contributed by atoms with Crippen LogP contribution >= 0.6 is 0 Å². The number of methoxy groups -OCH3 is 1. The first-order valence-corrected chi connectivity index (χ1v) is 6.93. The first kappa shape index (κ1) is 15.2. The maximum absolute atomic E-state index is 6.02. The van der Waals surface area contributed by atoms with Gasteiger partial charge in [0.2, 0.25) is 0 Å². The van der Waals surface area contributed by atoms with Gasteiger partial charge in [0.15, 0.2) is 0 Å². The maximum Gasteiger partial charge on any atom is 0.147 e. The summed E-state index contributed by atoms with van der Waals surface area (Å²) in [4.78, 5) is 4.17. The summed E-state index contributed by atoms with van der Waals surface area (Å²) in [5.41, 5.74) is 1.97. The van der Waals surface area contributed by atoms with Gasteiger partial charge in [0.25, 0.3) is 0 Å². The number of ether oxygens (including phenoxy) is 2. The number of anilines is 1. The number of rotatable bonds is 4. The molecule has 0 fully saturated rings. The molecule has 0 aliphatic heterocycles. The molecule has 0 atom stereocenters. The average Bonchev–Trinajstić information content (AvgIpc) is 2.46. The molecule has 0 aliphatic carbocycles. The molecule has 0 unspecified atom stereocenters. The standard InChI is InChI=1S/C17H22N2O2/c1-17(2,3)15-9-13(20-5)6-7-16(15)21-14-8-12(18-4)10-19-11-14/h6-11,18H,1-5H3. The molecular weight excluding hydrogens is 264 g/mol. The zero-order chi connectivity index (χ0) is 15.5. The lowest BCUT2D eigenvalue weighted by atomic mass is 9.86. The Hall–Kier alpha value is -2.23. The van der Waals surface area contributed by atoms with Gasteiger partial charge >= 0.3 is 0 Å². The summed E-state index contributed by atoms with van der Waals surface area (Å²) in [5.74, 6) is 2.35. The Bertz CT molecular complexity index is 618. The number of nitrogens with one attached hydrogen (secondary N) is 1. The lowest BCUT2D eigenvalue weighted by Gasteiger charge is -2.23. The molecule has 0 bridgehead atoms. The molecule has 4 nitrogen and oxygen atoms in total. The van der Waals surface area contributed by atoms with E-state index in [1.807, 2.05) is 31.3 Å². The first-order valence-electron chi connectivity index (χ1n) is 6.93. The molecule has 2 aromatic rings. The van der Waals surface area contributed by atoms with Crippen LogP contribution in [0, 0.1) is 0 Å². The highest BCUT2D eigenvalue weighted by Gasteiger charge is 2.20. The summed E-state index contributed by atoms with van der Waals surface area (Å²) in [7, 11) is 3.53. The van der Waals surface area contributed by atoms with Crippen molar-refractivity contribution in [3.63, 3.8) is 0 Å². The second-order valence-electron chi connectivity index (χ2n) is 5.87. The largest absolute Gasteiger partial charge is 0.497 e. The van der Waals surface area contributed by atoms with Crippen LogP contribution in [0.4, 0.5) is 5.69 Å². The van der Waals surface area contributed by atoms with Crippen LogP contribution in [0.3, 0.4) is 0 Å². The van der Waals surface area contributed by atoms with Gasteiger partial charge in [-0.05, 0) is 23.6 Å². The molecule has 0 saturated heterocycles. The van der Waals surface area contributed by atoms with Gasteiger partial charge in [0.1, 0.15) is 17.2 Å². The van der Waals surface area contributed by atoms with Crippen molar-refractivity contribution in [1.29, 1.82) is 0 Å². The van der Waals surface area contributed by atoms with Crippen LogP contribution in [0.25, 0.3) is 0 Å². The molecule has 4 heteroatoms. The van der Waals surface area contributed by atoms with E-state index in [1.165, 1.54) is 0 Å². The zero-order valence-electron chi connectivity index (χ0n) is 13.2. The van der Waals surface area contributed by atoms with Crippen molar-refractivity contribution in [2.45, 2.75) is 26.2 Å². The van der Waals surface area contributed by atoms with Gasteiger partial charge in [-0.1, -0.05) is 20.8 Å². The highest BCUT2D eigenvalue weighted by atomic mass is 16.5. The molecule has 2 rings (SSSR count). The number of benzene rings is 1. The number of aromatic nitrogens is 1. The van der Waals surface area contributed by atoms with Crippen molar-refractivity contribution in [3.05, 3.63) is 42.2 Å². The van der Waals surface area contributed by atoms with Crippen molar-refractivity contribution >= 4 is 5.69 Å². The Morgan fingerprint density at radius 2 is 1.81 bits per heavy atom. The summed E-state index contributed by atoms with van der Waals surface area (Å²) in [6.45, 7) is 6.45. The number of pyridine rings is 1. The minimum atomic E-state index is -0.0437. The highest BCUT2D eigenvalue weighted by Crippen LogP contribution is 2.36. The number of nitrogens with zero attached hydrogens (tertiary/aromatic N) is 1. The molecule has 0 saturated carbocycles. The van der Waals surface area contributed by atoms with E-state index in [0.29, 0.717) is 5.75 Å². The number of hydrogen-bond acceptors (Lipinski definition) is 4. The van der Waals surface area contributed by atoms with E-state index in [2.05, 4.69) is 31.1 Å². The first-order chi connectivity index (χ1) is 9.94. The maximum atomic E-state index is 6.02. The molecule has 1 aromatic carbocycles. The average molecular weight is 286 g/mol. The second-order valence-corrected chi connectivity index (χ2v) is 5.87. The molecule has 0 amide bonds. The summed E-state index contributed by atoms with van der Waals surface area (Å²) in [5, 5.41) is 3.05. The summed E-state index contributed by atoms with van der Waals surface area (Å²) in [6.07, 6.45) is 3.46. The van der Waals surface area contributed by atoms with Crippen LogP contribution < -0.4 is 14.8 Å². The normalized spacial score (nSPS) is 11.1. The second kappa shape index (κ2) is 6.04. The van der Waals surface area contributed by atoms with Gasteiger partial charge in [-0.15, -0.1) is 0 Å². The topological polar surface area (TPSA) is 43.4 Å². The van der Waals surface area contributed by atoms with Gasteiger partial charge in [0.05, 0.1) is 25.2 Å². The SMILES string of the molecule is CNc1cncc(Oc2ccc(OC)cc2C(C)(C)C)c1. The minimum Gasteiger partial charge on any atom is -0.497 e. The van der Waals surface area contributed by atoms with Crippen molar-refractivity contribution < 1.29 is 9.47 Å². The van der Waals surface area contributed by atoms with E-state index >= 15 is 0 Å². The van der Waals surface area contributed by atoms with Crippen molar-refractivity contribution in [1.82, 2.24) is 4.98 Å². The van der Waals surface area contributed by atoms with Crippen LogP contribution in [0.15, 0.2) is 36.7 Å². The smallest absolute Gasteiger partial charge is 0.147 e. The summed E-state index contributed by atoms with van der Waals surface area (Å²) >= 11 is 0. The molecule has 1 aromatic heterocycles. The zero-order valence-corrected chi connectivity index (χ0v) is 13.2. The molecule has 1 N–H and O–H groups in total. The third-order valence-corrected chi connectivity index (χ3v) is 3.22. The molecule has 0 radical (unpaired) electrons. The Balaban J connectivity index is 2.39. The fourth-order valence-corrected chi connectivity index (χ4v) is 2.05. The van der Waals surface area contributed by atoms with Crippen molar-refractivity contribution in [2.24, 2.45) is 0 Å². The quantitative estimate of drug-likeness (QED) is 0.913. The van der Waals surface area contributed by atoms with E-state index < -0.39 is 0 Å². The predicted octanol–water partition coefficient (Wildman–Crippen LogP) is 4.22. The fourth-order valence-electron chi connectivity index (χ4n) is 2.05. The minimum absolute atomic E-state index is 0.0437. The van der Waals surface area contributed by atoms with Gasteiger partial charge in [-0.25, -0.2) is 0 Å². The predicted molar refractivity (Wildman–Crippen MR) is 85.6 cm³/mol. The van der Waals surface area contributed by atoms with E-state index in [0.717, 1.165) is 22.7 Å². The molecule has 0 spiro atoms. The molecule has 21 heavy (non-hydrogen) atoms. The lowest BCUT2D eigenvalue weighted by molar-refractivity contribution is 0.407. The van der Waals surface area contributed by atoms with Crippen LogP contribution in [0.1, 0.15) is 26.3 Å². The monoisotopic (exact) mass is 286 g/mol. The van der Waals surface area contributed by atoms with Gasteiger partial charge in [0, 0.05) is 18.7 Å². The van der Waals surface area contributed by atoms with E-state index in [4.69, 9.17) is 9.47 Å². The molecule has 0 aliphatic rings. The Kier molecular flexibility index (Phi) is 4.36. The third kappa shape index (κ3) is 3.66. The summed E-state index contributed by atoms with van der Waals surface area (Å²) in [6, 6.07) is 7.78. The van der Waals surface area contributed by atoms with E-state index in [1.54, 1.807) is 19.5 Å². The van der Waals surface area contributed by atoms with Gasteiger partial charge in [-0.2, -0.15) is 0 Å². The van der Waals surface area contributed by atoms with Crippen molar-refractivity contribution in [2.75, 3.05) is 19.5 Å². The van der Waals surface area contributed by atoms with Gasteiger partial charge in [-0.3, -0.25) is 4.98 Å². The fraction of sp³-hybridized carbons (Fsp3) is 0.353. The summed E-state index contributed by atoms with van der Waals surface area (Å²) < 4.78 is 11.3. The van der Waals surface area contributed by atoms with Crippen LogP contribution in [-0.4, -0.2) is 19.1 Å². The van der Waals surface area contributed by atoms with Crippen molar-refractivity contribution in [3.8, 4) is 17.2 Å². The number of hydrogen-bond donors (Lipinski definition) is 1. The van der Waals surface area contributed by atoms with E-state index in [9.17, 15) is 0 Å². The molecular formula is C17H22N2O2.